The number of benzene rings is 1. The fraction of sp³-hybridized carbons (Fsp3) is 0.214. The van der Waals surface area contributed by atoms with Crippen molar-refractivity contribution < 1.29 is 18.3 Å². The lowest BCUT2D eigenvalue weighted by Crippen LogP contribution is -2.09. The van der Waals surface area contributed by atoms with E-state index in [4.69, 9.17) is 0 Å². The van der Waals surface area contributed by atoms with Gasteiger partial charge in [0.05, 0.1) is 11.7 Å². The minimum atomic E-state index is -4.47. The minimum Gasteiger partial charge on any atom is -0.388 e. The van der Waals surface area contributed by atoms with Crippen molar-refractivity contribution in [2.45, 2.75) is 18.7 Å². The highest BCUT2D eigenvalue weighted by Gasteiger charge is 2.33. The molecular formula is C14H10Br2F3NO. The van der Waals surface area contributed by atoms with Crippen molar-refractivity contribution in [3.63, 3.8) is 0 Å². The Balaban J connectivity index is 2.25. The van der Waals surface area contributed by atoms with Crippen LogP contribution in [-0.4, -0.2) is 10.1 Å². The lowest BCUT2D eigenvalue weighted by molar-refractivity contribution is -0.138. The third kappa shape index (κ3) is 4.28. The summed E-state index contributed by atoms with van der Waals surface area (Å²) in [5, 5.41) is 10.1. The molecule has 2 nitrogen and oxygen atoms in total. The van der Waals surface area contributed by atoms with E-state index >= 15 is 0 Å². The van der Waals surface area contributed by atoms with Crippen molar-refractivity contribution in [1.82, 2.24) is 4.98 Å². The van der Waals surface area contributed by atoms with Gasteiger partial charge in [0.2, 0.25) is 0 Å². The first-order chi connectivity index (χ1) is 9.77. The van der Waals surface area contributed by atoms with Gasteiger partial charge < -0.3 is 5.11 Å². The van der Waals surface area contributed by atoms with E-state index in [1.54, 1.807) is 18.5 Å². The SMILES string of the molecule is OC(Cc1cncc(Br)c1)c1ccc(Br)c(C(F)(F)F)c1. The van der Waals surface area contributed by atoms with E-state index in [0.717, 1.165) is 16.1 Å². The molecule has 0 aliphatic carbocycles. The Bertz CT molecular complexity index is 646. The molecular weight excluding hydrogens is 415 g/mol. The predicted molar refractivity (Wildman–Crippen MR) is 79.7 cm³/mol. The lowest BCUT2D eigenvalue weighted by Gasteiger charge is -2.15. The number of hydrogen-bond donors (Lipinski definition) is 1. The number of aliphatic hydroxyl groups excluding tert-OH is 1. The number of alkyl halides is 3. The molecule has 1 atom stereocenters. The highest BCUT2D eigenvalue weighted by molar-refractivity contribution is 9.10. The van der Waals surface area contributed by atoms with E-state index in [0.29, 0.717) is 0 Å². The molecule has 0 aliphatic heterocycles. The first-order valence-corrected chi connectivity index (χ1v) is 7.50. The molecule has 1 heterocycles. The van der Waals surface area contributed by atoms with Gasteiger partial charge in [-0.3, -0.25) is 4.98 Å². The number of aliphatic hydroxyl groups is 1. The third-order valence-corrected chi connectivity index (χ3v) is 4.00. The average Bonchev–Trinajstić information content (AvgIpc) is 2.37. The van der Waals surface area contributed by atoms with Crippen LogP contribution >= 0.6 is 31.9 Å². The van der Waals surface area contributed by atoms with Gasteiger partial charge in [-0.1, -0.05) is 22.0 Å². The normalized spacial score (nSPS) is 13.2. The second-order valence-corrected chi connectivity index (χ2v) is 6.24. The van der Waals surface area contributed by atoms with Crippen LogP contribution in [0.15, 0.2) is 45.6 Å². The van der Waals surface area contributed by atoms with Gasteiger partial charge in [0.1, 0.15) is 0 Å². The summed E-state index contributed by atoms with van der Waals surface area (Å²) in [6.45, 7) is 0. The first kappa shape index (κ1) is 16.5. The topological polar surface area (TPSA) is 33.1 Å². The number of hydrogen-bond acceptors (Lipinski definition) is 2. The summed E-state index contributed by atoms with van der Waals surface area (Å²) in [4.78, 5) is 3.96. The molecule has 0 spiro atoms. The van der Waals surface area contributed by atoms with Crippen molar-refractivity contribution in [3.05, 3.63) is 62.3 Å². The van der Waals surface area contributed by atoms with E-state index < -0.39 is 17.8 Å². The Hall–Kier alpha value is -0.920. The maximum atomic E-state index is 12.8. The van der Waals surface area contributed by atoms with Gasteiger partial charge >= 0.3 is 6.18 Å². The number of pyridine rings is 1. The summed E-state index contributed by atoms with van der Waals surface area (Å²) in [5.74, 6) is 0. The Kier molecular flexibility index (Phi) is 5.06. The Morgan fingerprint density at radius 2 is 1.86 bits per heavy atom. The molecule has 0 amide bonds. The molecule has 0 bridgehead atoms. The zero-order valence-corrected chi connectivity index (χ0v) is 13.7. The molecule has 21 heavy (non-hydrogen) atoms. The summed E-state index contributed by atoms with van der Waals surface area (Å²) >= 11 is 6.13. The number of nitrogens with zero attached hydrogens (tertiary/aromatic N) is 1. The molecule has 1 aromatic carbocycles. The monoisotopic (exact) mass is 423 g/mol. The van der Waals surface area contributed by atoms with E-state index in [1.165, 1.54) is 12.1 Å². The Morgan fingerprint density at radius 3 is 2.48 bits per heavy atom. The molecule has 112 valence electrons. The van der Waals surface area contributed by atoms with Gasteiger partial charge in [0.25, 0.3) is 0 Å². The fourth-order valence-electron chi connectivity index (χ4n) is 1.88. The van der Waals surface area contributed by atoms with Gasteiger partial charge in [-0.25, -0.2) is 0 Å². The number of aromatic nitrogens is 1. The summed E-state index contributed by atoms with van der Waals surface area (Å²) < 4.78 is 39.2. The second-order valence-electron chi connectivity index (χ2n) is 4.47. The van der Waals surface area contributed by atoms with Crippen LogP contribution < -0.4 is 0 Å². The maximum absolute atomic E-state index is 12.8. The lowest BCUT2D eigenvalue weighted by atomic mass is 10.0. The Morgan fingerprint density at radius 1 is 1.14 bits per heavy atom. The molecule has 1 unspecified atom stereocenters. The molecule has 0 radical (unpaired) electrons. The van der Waals surface area contributed by atoms with Crippen molar-refractivity contribution in [2.24, 2.45) is 0 Å². The van der Waals surface area contributed by atoms with E-state index in [2.05, 4.69) is 36.8 Å². The molecule has 0 aliphatic rings. The van der Waals surface area contributed by atoms with E-state index in [1.807, 2.05) is 0 Å². The molecule has 0 fully saturated rings. The summed E-state index contributed by atoms with van der Waals surface area (Å²) in [5.41, 5.74) is 0.144. The van der Waals surface area contributed by atoms with E-state index in [9.17, 15) is 18.3 Å². The summed E-state index contributed by atoms with van der Waals surface area (Å²) in [6.07, 6.45) is -2.15. The van der Waals surface area contributed by atoms with Crippen LogP contribution in [0.3, 0.4) is 0 Å². The van der Waals surface area contributed by atoms with Crippen LogP contribution in [0, 0.1) is 0 Å². The standard InChI is InChI=1S/C14H10Br2F3NO/c15-10-3-8(6-20-7-10)4-13(21)9-1-2-12(16)11(5-9)14(17,18)19/h1-3,5-7,13,21H,4H2. The maximum Gasteiger partial charge on any atom is 0.417 e. The van der Waals surface area contributed by atoms with Gasteiger partial charge in [0.15, 0.2) is 0 Å². The first-order valence-electron chi connectivity index (χ1n) is 5.91. The molecule has 2 rings (SSSR count). The van der Waals surface area contributed by atoms with Crippen LogP contribution in [0.5, 0.6) is 0 Å². The minimum absolute atomic E-state index is 0.0462. The van der Waals surface area contributed by atoms with Gasteiger partial charge in [0, 0.05) is 27.8 Å². The molecule has 1 aromatic heterocycles. The Labute approximate surface area is 136 Å². The second kappa shape index (κ2) is 6.46. The van der Waals surface area contributed by atoms with Crippen molar-refractivity contribution in [3.8, 4) is 0 Å². The quantitative estimate of drug-likeness (QED) is 0.759. The molecule has 7 heteroatoms. The van der Waals surface area contributed by atoms with Gasteiger partial charge in [-0.05, 0) is 45.3 Å². The highest BCUT2D eigenvalue weighted by atomic mass is 79.9. The van der Waals surface area contributed by atoms with Crippen LogP contribution in [0.2, 0.25) is 0 Å². The van der Waals surface area contributed by atoms with Crippen LogP contribution in [0.4, 0.5) is 13.2 Å². The van der Waals surface area contributed by atoms with Crippen molar-refractivity contribution >= 4 is 31.9 Å². The average molecular weight is 425 g/mol. The molecule has 2 aromatic rings. The van der Waals surface area contributed by atoms with Crippen LogP contribution in [0.25, 0.3) is 0 Å². The fourth-order valence-corrected chi connectivity index (χ4v) is 2.76. The predicted octanol–water partition coefficient (Wildman–Crippen LogP) is 4.90. The zero-order chi connectivity index (χ0) is 15.6. The van der Waals surface area contributed by atoms with Gasteiger partial charge in [-0.15, -0.1) is 0 Å². The molecule has 0 saturated carbocycles. The van der Waals surface area contributed by atoms with Crippen molar-refractivity contribution in [1.29, 1.82) is 0 Å². The highest BCUT2D eigenvalue weighted by Crippen LogP contribution is 2.36. The summed E-state index contributed by atoms with van der Waals surface area (Å²) in [7, 11) is 0. The van der Waals surface area contributed by atoms with E-state index in [-0.39, 0.29) is 16.5 Å². The largest absolute Gasteiger partial charge is 0.417 e. The third-order valence-electron chi connectivity index (χ3n) is 2.87. The molecule has 0 saturated heterocycles. The van der Waals surface area contributed by atoms with Crippen LogP contribution in [-0.2, 0) is 12.6 Å². The number of halogens is 5. The zero-order valence-electron chi connectivity index (χ0n) is 10.5. The molecule has 1 N–H and O–H groups in total. The van der Waals surface area contributed by atoms with Crippen molar-refractivity contribution in [2.75, 3.05) is 0 Å². The van der Waals surface area contributed by atoms with Gasteiger partial charge in [-0.2, -0.15) is 13.2 Å². The smallest absolute Gasteiger partial charge is 0.388 e. The summed E-state index contributed by atoms with van der Waals surface area (Å²) in [6, 6.07) is 5.48. The number of rotatable bonds is 3. The van der Waals surface area contributed by atoms with Crippen LogP contribution in [0.1, 0.15) is 22.8 Å².